The molecule has 0 bridgehead atoms. The molecule has 1 aromatic carbocycles. The van der Waals surface area contributed by atoms with Gasteiger partial charge in [0.15, 0.2) is 0 Å². The van der Waals surface area contributed by atoms with Crippen molar-refractivity contribution >= 4 is 11.6 Å². The summed E-state index contributed by atoms with van der Waals surface area (Å²) >= 11 is 5.95. The summed E-state index contributed by atoms with van der Waals surface area (Å²) in [5, 5.41) is 0.777. The molecule has 72 valence electrons. The highest BCUT2D eigenvalue weighted by molar-refractivity contribution is 6.30. The van der Waals surface area contributed by atoms with Crippen molar-refractivity contribution < 1.29 is 0 Å². The minimum Gasteiger partial charge on any atom is -0.316 e. The monoisotopic (exact) mass is 205 g/mol. The van der Waals surface area contributed by atoms with Gasteiger partial charge in [-0.2, -0.15) is 0 Å². The molecule has 0 N–H and O–H groups in total. The normalized spacial score (nSPS) is 18.3. The number of nitrogens with zero attached hydrogens (tertiary/aromatic N) is 1. The minimum atomic E-state index is 0.118. The molecule has 1 saturated carbocycles. The van der Waals surface area contributed by atoms with Crippen LogP contribution in [0.2, 0.25) is 5.02 Å². The number of rotatable bonds is 2. The highest BCUT2D eigenvalue weighted by Gasteiger charge is 2.41. The molecule has 0 aliphatic heterocycles. The summed E-state index contributed by atoms with van der Waals surface area (Å²) in [6.45, 7) is 7.60. The smallest absolute Gasteiger partial charge is 0.224 e. The maximum absolute atomic E-state index is 6.99. The molecular formula is C12H12ClN. The summed E-state index contributed by atoms with van der Waals surface area (Å²) in [6, 6.07) is 7.96. The van der Waals surface area contributed by atoms with Crippen LogP contribution in [0.4, 0.5) is 0 Å². The van der Waals surface area contributed by atoms with Crippen molar-refractivity contribution in [3.8, 4) is 0 Å². The van der Waals surface area contributed by atoms with Crippen LogP contribution in [0.1, 0.15) is 24.8 Å². The Morgan fingerprint density at radius 2 is 2.21 bits per heavy atom. The second-order valence-electron chi connectivity index (χ2n) is 3.96. The molecule has 2 rings (SSSR count). The molecule has 0 heterocycles. The number of benzene rings is 1. The Labute approximate surface area is 89.5 Å². The van der Waals surface area contributed by atoms with Gasteiger partial charge in [0.05, 0.1) is 5.41 Å². The molecule has 0 unspecified atom stereocenters. The zero-order valence-corrected chi connectivity index (χ0v) is 8.72. The van der Waals surface area contributed by atoms with E-state index in [0.717, 1.165) is 17.9 Å². The first-order valence-corrected chi connectivity index (χ1v) is 5.24. The van der Waals surface area contributed by atoms with Crippen LogP contribution in [0, 0.1) is 6.57 Å². The van der Waals surface area contributed by atoms with Gasteiger partial charge in [-0.05, 0) is 30.5 Å². The predicted octanol–water partition coefficient (Wildman–Crippen LogP) is 3.68. The first kappa shape index (κ1) is 9.55. The lowest BCUT2D eigenvalue weighted by atomic mass is 9.64. The highest BCUT2D eigenvalue weighted by Crippen LogP contribution is 2.44. The molecule has 1 aliphatic carbocycles. The van der Waals surface area contributed by atoms with Crippen LogP contribution >= 0.6 is 11.6 Å². The van der Waals surface area contributed by atoms with Gasteiger partial charge in [-0.25, -0.2) is 6.57 Å². The third-order valence-corrected chi connectivity index (χ3v) is 3.36. The third kappa shape index (κ3) is 1.51. The Kier molecular flexibility index (Phi) is 2.48. The molecule has 1 fully saturated rings. The van der Waals surface area contributed by atoms with Crippen LogP contribution < -0.4 is 0 Å². The van der Waals surface area contributed by atoms with E-state index in [2.05, 4.69) is 10.9 Å². The summed E-state index contributed by atoms with van der Waals surface area (Å²) in [7, 11) is 0. The Hall–Kier alpha value is -1.00. The minimum absolute atomic E-state index is 0.118. The van der Waals surface area contributed by atoms with Gasteiger partial charge >= 0.3 is 0 Å². The molecule has 0 spiro atoms. The van der Waals surface area contributed by atoms with E-state index in [1.54, 1.807) is 0 Å². The van der Waals surface area contributed by atoms with Crippen molar-refractivity contribution in [2.24, 2.45) is 0 Å². The summed E-state index contributed by atoms with van der Waals surface area (Å²) in [5.41, 5.74) is 1.36. The molecule has 2 heteroatoms. The number of halogens is 1. The molecule has 0 atom stereocenters. The van der Waals surface area contributed by atoms with Gasteiger partial charge in [0.1, 0.15) is 0 Å². The third-order valence-electron chi connectivity index (χ3n) is 3.13. The summed E-state index contributed by atoms with van der Waals surface area (Å²) in [4.78, 5) is 3.54. The molecule has 14 heavy (non-hydrogen) atoms. The fourth-order valence-corrected chi connectivity index (χ4v) is 2.30. The molecule has 1 aliphatic rings. The van der Waals surface area contributed by atoms with E-state index < -0.39 is 0 Å². The van der Waals surface area contributed by atoms with Crippen molar-refractivity contribution in [3.05, 3.63) is 46.3 Å². The van der Waals surface area contributed by atoms with Gasteiger partial charge in [-0.3, -0.25) is 0 Å². The maximum atomic E-state index is 6.99. The number of hydrogen-bond donors (Lipinski definition) is 0. The van der Waals surface area contributed by atoms with Gasteiger partial charge in [0.25, 0.3) is 0 Å². The fourth-order valence-electron chi connectivity index (χ4n) is 2.11. The lowest BCUT2D eigenvalue weighted by Crippen LogP contribution is -2.36. The Morgan fingerprint density at radius 1 is 1.43 bits per heavy atom. The van der Waals surface area contributed by atoms with Crippen LogP contribution in [0.25, 0.3) is 4.85 Å². The van der Waals surface area contributed by atoms with Crippen LogP contribution in [-0.4, -0.2) is 6.54 Å². The van der Waals surface area contributed by atoms with E-state index in [0.29, 0.717) is 6.54 Å². The van der Waals surface area contributed by atoms with E-state index in [9.17, 15) is 0 Å². The zero-order chi connectivity index (χ0) is 10.0. The van der Waals surface area contributed by atoms with E-state index in [1.165, 1.54) is 12.0 Å². The van der Waals surface area contributed by atoms with Crippen molar-refractivity contribution in [1.29, 1.82) is 0 Å². The lowest BCUT2D eigenvalue weighted by molar-refractivity contribution is 0.266. The number of hydrogen-bond acceptors (Lipinski definition) is 0. The Morgan fingerprint density at radius 3 is 2.71 bits per heavy atom. The Balaban J connectivity index is 2.32. The average molecular weight is 206 g/mol. The topological polar surface area (TPSA) is 4.36 Å². The lowest BCUT2D eigenvalue weighted by Gasteiger charge is -2.37. The summed E-state index contributed by atoms with van der Waals surface area (Å²) in [5.74, 6) is 0. The van der Waals surface area contributed by atoms with Crippen LogP contribution in [0.3, 0.4) is 0 Å². The average Bonchev–Trinajstić information content (AvgIpc) is 2.11. The largest absolute Gasteiger partial charge is 0.316 e. The van der Waals surface area contributed by atoms with E-state index in [-0.39, 0.29) is 5.41 Å². The summed E-state index contributed by atoms with van der Waals surface area (Å²) < 4.78 is 0. The quantitative estimate of drug-likeness (QED) is 0.649. The second kappa shape index (κ2) is 3.63. The first-order chi connectivity index (χ1) is 6.77. The van der Waals surface area contributed by atoms with Gasteiger partial charge in [-0.1, -0.05) is 30.2 Å². The van der Waals surface area contributed by atoms with Gasteiger partial charge in [0.2, 0.25) is 6.54 Å². The van der Waals surface area contributed by atoms with Gasteiger partial charge in [0, 0.05) is 5.02 Å². The van der Waals surface area contributed by atoms with Crippen molar-refractivity contribution in [3.63, 3.8) is 0 Å². The van der Waals surface area contributed by atoms with Crippen molar-refractivity contribution in [1.82, 2.24) is 0 Å². The summed E-state index contributed by atoms with van der Waals surface area (Å²) in [6.07, 6.45) is 3.51. The SMILES string of the molecule is [C-]#[N+]CC1(c2cccc(Cl)c2)CCC1. The second-order valence-corrected chi connectivity index (χ2v) is 4.40. The van der Waals surface area contributed by atoms with Gasteiger partial charge in [-0.15, -0.1) is 0 Å². The van der Waals surface area contributed by atoms with E-state index in [4.69, 9.17) is 18.2 Å². The molecule has 0 radical (unpaired) electrons. The van der Waals surface area contributed by atoms with Crippen LogP contribution in [0.5, 0.6) is 0 Å². The zero-order valence-electron chi connectivity index (χ0n) is 7.96. The molecule has 1 aromatic rings. The maximum Gasteiger partial charge on any atom is 0.224 e. The van der Waals surface area contributed by atoms with E-state index in [1.807, 2.05) is 18.2 Å². The van der Waals surface area contributed by atoms with Crippen LogP contribution in [-0.2, 0) is 5.41 Å². The molecule has 0 saturated heterocycles. The molecular weight excluding hydrogens is 194 g/mol. The fraction of sp³-hybridized carbons (Fsp3) is 0.417. The van der Waals surface area contributed by atoms with Crippen molar-refractivity contribution in [2.75, 3.05) is 6.54 Å². The van der Waals surface area contributed by atoms with Crippen molar-refractivity contribution in [2.45, 2.75) is 24.7 Å². The Bertz CT molecular complexity index is 374. The first-order valence-electron chi connectivity index (χ1n) is 4.86. The van der Waals surface area contributed by atoms with E-state index >= 15 is 0 Å². The molecule has 1 nitrogen and oxygen atoms in total. The molecule has 0 amide bonds. The standard InChI is InChI=1S/C12H12ClN/c1-14-9-12(6-3-7-12)10-4-2-5-11(13)8-10/h2,4-5,8H,3,6-7,9H2. The molecule has 0 aromatic heterocycles. The predicted molar refractivity (Wildman–Crippen MR) is 58.5 cm³/mol. The highest BCUT2D eigenvalue weighted by atomic mass is 35.5. The van der Waals surface area contributed by atoms with Gasteiger partial charge < -0.3 is 4.85 Å². The van der Waals surface area contributed by atoms with Crippen LogP contribution in [0.15, 0.2) is 24.3 Å².